The molecular weight excluding hydrogens is 392 g/mol. The molecule has 0 amide bonds. The van der Waals surface area contributed by atoms with Gasteiger partial charge >= 0.3 is 0 Å². The van der Waals surface area contributed by atoms with Crippen molar-refractivity contribution >= 4 is 36.7 Å². The van der Waals surface area contributed by atoms with Crippen LogP contribution in [-0.4, -0.2) is 41.0 Å². The highest BCUT2D eigenvalue weighted by atomic mass is 35.5. The first-order chi connectivity index (χ1) is 12.3. The third-order valence-corrected chi connectivity index (χ3v) is 7.69. The van der Waals surface area contributed by atoms with Crippen LogP contribution in [0.25, 0.3) is 0 Å². The van der Waals surface area contributed by atoms with Gasteiger partial charge in [-0.3, -0.25) is 4.79 Å². The minimum absolute atomic E-state index is 0.113. The first-order valence-corrected chi connectivity index (χ1v) is 12.1. The number of Topliss-reactive ketones (excluding diaryl/α,β-unsaturated/α-hetero) is 1. The summed E-state index contributed by atoms with van der Waals surface area (Å²) in [7, 11) is -3.12. The number of rotatable bonds is 9. The van der Waals surface area contributed by atoms with Gasteiger partial charge in [0.05, 0.1) is 16.6 Å². The molecule has 1 atom stereocenters. The van der Waals surface area contributed by atoms with Crippen molar-refractivity contribution in [2.24, 2.45) is 5.92 Å². The van der Waals surface area contributed by atoms with Gasteiger partial charge in [-0.05, 0) is 42.4 Å². The summed E-state index contributed by atoms with van der Waals surface area (Å²) in [6, 6.07) is 5.52. The SMILES string of the molecule is CC(CNCC(=O)C[P+](O)(O)CC1CCCCC1)c1ccc(Cl)c(Cl)c1. The summed E-state index contributed by atoms with van der Waals surface area (Å²) in [5.74, 6) is 0.394. The largest absolute Gasteiger partial charge is 0.309 e. The predicted octanol–water partition coefficient (Wildman–Crippen LogP) is 4.67. The second-order valence-corrected chi connectivity index (χ2v) is 10.7. The van der Waals surface area contributed by atoms with Gasteiger partial charge in [0.2, 0.25) is 0 Å². The van der Waals surface area contributed by atoms with Gasteiger partial charge < -0.3 is 5.32 Å². The van der Waals surface area contributed by atoms with Crippen molar-refractivity contribution in [1.29, 1.82) is 0 Å². The van der Waals surface area contributed by atoms with Crippen molar-refractivity contribution < 1.29 is 14.6 Å². The van der Waals surface area contributed by atoms with Gasteiger partial charge in [0.1, 0.15) is 6.16 Å². The monoisotopic (exact) mass is 420 g/mol. The Morgan fingerprint density at radius 2 is 1.92 bits per heavy atom. The molecule has 0 heterocycles. The highest BCUT2D eigenvalue weighted by Crippen LogP contribution is 2.52. The minimum atomic E-state index is -3.12. The molecule has 2 rings (SSSR count). The van der Waals surface area contributed by atoms with Crippen LogP contribution in [0.3, 0.4) is 0 Å². The molecule has 1 saturated carbocycles. The molecule has 1 aromatic rings. The van der Waals surface area contributed by atoms with E-state index in [0.717, 1.165) is 31.2 Å². The maximum absolute atomic E-state index is 12.1. The van der Waals surface area contributed by atoms with Gasteiger partial charge in [0.15, 0.2) is 11.9 Å². The molecule has 4 nitrogen and oxygen atoms in total. The van der Waals surface area contributed by atoms with Crippen molar-refractivity contribution in [3.05, 3.63) is 33.8 Å². The van der Waals surface area contributed by atoms with Gasteiger partial charge in [-0.2, -0.15) is 0 Å². The zero-order valence-corrected chi connectivity index (χ0v) is 17.7. The van der Waals surface area contributed by atoms with Gasteiger partial charge in [0.25, 0.3) is 7.72 Å². The quantitative estimate of drug-likeness (QED) is 0.507. The summed E-state index contributed by atoms with van der Waals surface area (Å²) in [5, 5.41) is 4.16. The van der Waals surface area contributed by atoms with E-state index < -0.39 is 7.72 Å². The molecular formula is C19H29Cl2NO3P+. The molecule has 0 aliphatic heterocycles. The number of ketones is 1. The third-order valence-electron chi connectivity index (χ3n) is 4.99. The zero-order valence-electron chi connectivity index (χ0n) is 15.3. The Labute approximate surface area is 166 Å². The number of hydrogen-bond donors (Lipinski definition) is 3. The number of carbonyl (C=O) groups is 1. The lowest BCUT2D eigenvalue weighted by atomic mass is 9.91. The fourth-order valence-electron chi connectivity index (χ4n) is 3.55. The van der Waals surface area contributed by atoms with Crippen LogP contribution < -0.4 is 5.32 Å². The zero-order chi connectivity index (χ0) is 19.2. The van der Waals surface area contributed by atoms with Crippen molar-refractivity contribution in [3.63, 3.8) is 0 Å². The van der Waals surface area contributed by atoms with Crippen molar-refractivity contribution in [2.75, 3.05) is 25.4 Å². The summed E-state index contributed by atoms with van der Waals surface area (Å²) in [6.07, 6.45) is 5.95. The molecule has 0 bridgehead atoms. The molecule has 0 radical (unpaired) electrons. The van der Waals surface area contributed by atoms with Crippen LogP contribution in [0.4, 0.5) is 0 Å². The normalized spacial score (nSPS) is 17.3. The molecule has 1 unspecified atom stereocenters. The smallest absolute Gasteiger partial charge is 0.275 e. The number of benzene rings is 1. The van der Waals surface area contributed by atoms with E-state index >= 15 is 0 Å². The summed E-state index contributed by atoms with van der Waals surface area (Å²) in [6.45, 7) is 2.79. The van der Waals surface area contributed by atoms with Crippen LogP contribution in [0.15, 0.2) is 18.2 Å². The molecule has 1 aromatic carbocycles. The Kier molecular flexibility index (Phi) is 8.79. The maximum atomic E-state index is 12.1. The van der Waals surface area contributed by atoms with E-state index in [2.05, 4.69) is 5.32 Å². The molecule has 3 N–H and O–H groups in total. The Hall–Kier alpha value is -0.220. The van der Waals surface area contributed by atoms with Crippen LogP contribution in [-0.2, 0) is 4.79 Å². The van der Waals surface area contributed by atoms with Crippen LogP contribution in [0.2, 0.25) is 10.0 Å². The Morgan fingerprint density at radius 1 is 1.23 bits per heavy atom. The number of nitrogens with one attached hydrogen (secondary N) is 1. The average molecular weight is 421 g/mol. The van der Waals surface area contributed by atoms with Crippen LogP contribution in [0.1, 0.15) is 50.5 Å². The van der Waals surface area contributed by atoms with Gasteiger partial charge in [-0.15, -0.1) is 0 Å². The highest BCUT2D eigenvalue weighted by Gasteiger charge is 2.39. The van der Waals surface area contributed by atoms with Gasteiger partial charge in [0, 0.05) is 6.54 Å². The average Bonchev–Trinajstić information content (AvgIpc) is 2.57. The van der Waals surface area contributed by atoms with E-state index in [4.69, 9.17) is 23.2 Å². The fourth-order valence-corrected chi connectivity index (χ4v) is 5.86. The second kappa shape index (κ2) is 10.4. The molecule has 0 aromatic heterocycles. The fraction of sp³-hybridized carbons (Fsp3) is 0.632. The van der Waals surface area contributed by atoms with Gasteiger partial charge in [-0.1, -0.05) is 55.5 Å². The molecule has 0 saturated heterocycles. The predicted molar refractivity (Wildman–Crippen MR) is 110 cm³/mol. The Bertz CT molecular complexity index is 606. The summed E-state index contributed by atoms with van der Waals surface area (Å²) in [4.78, 5) is 32.7. The van der Waals surface area contributed by atoms with E-state index in [1.54, 1.807) is 6.07 Å². The van der Waals surface area contributed by atoms with E-state index in [1.807, 2.05) is 19.1 Å². The minimum Gasteiger partial charge on any atom is -0.309 e. The number of halogens is 2. The van der Waals surface area contributed by atoms with Crippen molar-refractivity contribution in [2.45, 2.75) is 44.9 Å². The first kappa shape index (κ1) is 22.1. The lowest BCUT2D eigenvalue weighted by molar-refractivity contribution is -0.116. The van der Waals surface area contributed by atoms with E-state index in [-0.39, 0.29) is 24.4 Å². The summed E-state index contributed by atoms with van der Waals surface area (Å²) in [5.41, 5.74) is 1.04. The molecule has 1 aliphatic carbocycles. The highest BCUT2D eigenvalue weighted by molar-refractivity contribution is 7.65. The molecule has 7 heteroatoms. The van der Waals surface area contributed by atoms with E-state index in [0.29, 0.717) is 28.7 Å². The summed E-state index contributed by atoms with van der Waals surface area (Å²) >= 11 is 12.0. The van der Waals surface area contributed by atoms with Crippen molar-refractivity contribution in [1.82, 2.24) is 5.32 Å². The number of hydrogen-bond acceptors (Lipinski definition) is 4. The third kappa shape index (κ3) is 7.42. The van der Waals surface area contributed by atoms with Gasteiger partial charge in [-0.25, -0.2) is 9.79 Å². The Balaban J connectivity index is 1.72. The van der Waals surface area contributed by atoms with Crippen LogP contribution >= 0.6 is 30.9 Å². The standard InChI is InChI=1S/C19H29Cl2NO3P/c1-14(16-7-8-18(20)19(21)9-16)10-22-11-17(23)13-26(24,25)12-15-5-3-2-4-6-15/h7-9,14-15,22,24-25H,2-6,10-13H2,1H3/q+1. The van der Waals surface area contributed by atoms with Crippen molar-refractivity contribution in [3.8, 4) is 0 Å². The second-order valence-electron chi connectivity index (χ2n) is 7.47. The topological polar surface area (TPSA) is 69.6 Å². The van der Waals surface area contributed by atoms with Crippen LogP contribution in [0, 0.1) is 5.92 Å². The molecule has 1 fully saturated rings. The molecule has 26 heavy (non-hydrogen) atoms. The van der Waals surface area contributed by atoms with E-state index in [9.17, 15) is 14.6 Å². The van der Waals surface area contributed by atoms with E-state index in [1.165, 1.54) is 6.42 Å². The maximum Gasteiger partial charge on any atom is 0.275 e. The Morgan fingerprint density at radius 3 is 2.58 bits per heavy atom. The number of carbonyl (C=O) groups excluding carboxylic acids is 1. The van der Waals surface area contributed by atoms with Crippen LogP contribution in [0.5, 0.6) is 0 Å². The molecule has 1 aliphatic rings. The molecule has 0 spiro atoms. The summed E-state index contributed by atoms with van der Waals surface area (Å²) < 4.78 is 0. The first-order valence-electron chi connectivity index (χ1n) is 9.27. The lowest BCUT2D eigenvalue weighted by Gasteiger charge is -2.23. The lowest BCUT2D eigenvalue weighted by Crippen LogP contribution is -2.30. The molecule has 146 valence electrons.